The number of anilines is 1. The van der Waals surface area contributed by atoms with Gasteiger partial charge in [-0.2, -0.15) is 5.10 Å². The molecule has 29 heavy (non-hydrogen) atoms. The predicted molar refractivity (Wildman–Crippen MR) is 109 cm³/mol. The SMILES string of the molecule is C/C(=N/NC(=O)Nc1ccc(Cl)cc1)c1nnn(-c2ccccc2[N+](=O)[O-])c1C. The number of nitrogens with zero attached hydrogens (tertiary/aromatic N) is 5. The van der Waals surface area contributed by atoms with Crippen LogP contribution < -0.4 is 10.7 Å². The first-order valence-corrected chi connectivity index (χ1v) is 8.78. The Balaban J connectivity index is 1.77. The zero-order chi connectivity index (χ0) is 21.0. The van der Waals surface area contributed by atoms with Crippen molar-refractivity contribution in [3.8, 4) is 5.69 Å². The van der Waals surface area contributed by atoms with Gasteiger partial charge < -0.3 is 5.32 Å². The summed E-state index contributed by atoms with van der Waals surface area (Å²) in [6, 6.07) is 12.3. The quantitative estimate of drug-likeness (QED) is 0.374. The molecule has 0 unspecified atom stereocenters. The lowest BCUT2D eigenvalue weighted by molar-refractivity contribution is -0.384. The van der Waals surface area contributed by atoms with Crippen LogP contribution in [0.2, 0.25) is 5.02 Å². The minimum atomic E-state index is -0.546. The highest BCUT2D eigenvalue weighted by molar-refractivity contribution is 6.30. The molecule has 0 spiro atoms. The topological polar surface area (TPSA) is 127 Å². The molecule has 0 bridgehead atoms. The summed E-state index contributed by atoms with van der Waals surface area (Å²) >= 11 is 5.80. The van der Waals surface area contributed by atoms with Crippen molar-refractivity contribution in [2.45, 2.75) is 13.8 Å². The molecule has 1 aromatic heterocycles. The van der Waals surface area contributed by atoms with Crippen LogP contribution in [0.25, 0.3) is 5.69 Å². The van der Waals surface area contributed by atoms with E-state index in [-0.39, 0.29) is 11.4 Å². The van der Waals surface area contributed by atoms with Gasteiger partial charge in [-0.15, -0.1) is 5.10 Å². The lowest BCUT2D eigenvalue weighted by Gasteiger charge is -2.06. The van der Waals surface area contributed by atoms with E-state index in [1.165, 1.54) is 10.7 Å². The number of carbonyl (C=O) groups excluding carboxylic acids is 1. The van der Waals surface area contributed by atoms with E-state index in [0.29, 0.717) is 27.8 Å². The van der Waals surface area contributed by atoms with Crippen molar-refractivity contribution in [3.05, 3.63) is 75.1 Å². The summed E-state index contributed by atoms with van der Waals surface area (Å²) in [5.74, 6) is 0. The highest BCUT2D eigenvalue weighted by atomic mass is 35.5. The van der Waals surface area contributed by atoms with Crippen LogP contribution in [0.5, 0.6) is 0 Å². The number of hydrazone groups is 1. The maximum Gasteiger partial charge on any atom is 0.339 e. The van der Waals surface area contributed by atoms with Crippen molar-refractivity contribution in [2.24, 2.45) is 5.10 Å². The Morgan fingerprint density at radius 2 is 1.90 bits per heavy atom. The van der Waals surface area contributed by atoms with Crippen LogP contribution in [0.4, 0.5) is 16.2 Å². The second-order valence-corrected chi connectivity index (χ2v) is 6.39. The molecular weight excluding hydrogens is 398 g/mol. The van der Waals surface area contributed by atoms with Gasteiger partial charge in [-0.3, -0.25) is 10.1 Å². The Hall–Kier alpha value is -3.79. The fraction of sp³-hybridized carbons (Fsp3) is 0.111. The maximum absolute atomic E-state index is 12.0. The number of nitrogens with one attached hydrogen (secondary N) is 2. The monoisotopic (exact) mass is 413 g/mol. The van der Waals surface area contributed by atoms with Crippen molar-refractivity contribution in [1.29, 1.82) is 0 Å². The van der Waals surface area contributed by atoms with Crippen LogP contribution in [0.3, 0.4) is 0 Å². The molecule has 0 aliphatic heterocycles. The van der Waals surface area contributed by atoms with Crippen molar-refractivity contribution in [2.75, 3.05) is 5.32 Å². The van der Waals surface area contributed by atoms with E-state index < -0.39 is 11.0 Å². The van der Waals surface area contributed by atoms with Crippen LogP contribution in [0.1, 0.15) is 18.3 Å². The Morgan fingerprint density at radius 3 is 2.59 bits per heavy atom. The molecule has 3 rings (SSSR count). The molecule has 0 aliphatic carbocycles. The molecule has 11 heteroatoms. The number of urea groups is 1. The van der Waals surface area contributed by atoms with Gasteiger partial charge in [0, 0.05) is 16.8 Å². The van der Waals surface area contributed by atoms with E-state index in [9.17, 15) is 14.9 Å². The lowest BCUT2D eigenvalue weighted by atomic mass is 10.2. The number of para-hydroxylation sites is 2. The van der Waals surface area contributed by atoms with Gasteiger partial charge in [0.1, 0.15) is 11.4 Å². The van der Waals surface area contributed by atoms with Crippen molar-refractivity contribution in [3.63, 3.8) is 0 Å². The van der Waals surface area contributed by atoms with E-state index in [0.717, 1.165) is 0 Å². The van der Waals surface area contributed by atoms with Crippen LogP contribution in [-0.2, 0) is 0 Å². The van der Waals surface area contributed by atoms with Gasteiger partial charge >= 0.3 is 6.03 Å². The van der Waals surface area contributed by atoms with E-state index in [1.54, 1.807) is 56.3 Å². The Labute approximate surface area is 170 Å². The first-order valence-electron chi connectivity index (χ1n) is 8.40. The molecule has 148 valence electrons. The van der Waals surface area contributed by atoms with Crippen LogP contribution >= 0.6 is 11.6 Å². The molecule has 0 aliphatic rings. The first kappa shape index (κ1) is 20.0. The van der Waals surface area contributed by atoms with Crippen LogP contribution in [-0.4, -0.2) is 31.7 Å². The summed E-state index contributed by atoms with van der Waals surface area (Å²) in [4.78, 5) is 22.8. The van der Waals surface area contributed by atoms with Crippen molar-refractivity contribution >= 4 is 34.7 Å². The van der Waals surface area contributed by atoms with Gasteiger partial charge in [0.2, 0.25) is 0 Å². The second-order valence-electron chi connectivity index (χ2n) is 5.95. The maximum atomic E-state index is 12.0. The Kier molecular flexibility index (Phi) is 5.84. The molecule has 2 amide bonds. The molecular formula is C18H16ClN7O3. The number of nitro groups is 1. The number of halogens is 1. The third-order valence-corrected chi connectivity index (χ3v) is 4.22. The standard InChI is InChI=1S/C18H16ClN7O3/c1-11(21-23-18(27)20-14-9-7-13(19)8-10-14)17-12(2)25(24-22-17)15-5-3-4-6-16(15)26(28)29/h3-10H,1-2H3,(H2,20,23,27)/b21-11-. The molecule has 0 atom stereocenters. The van der Waals surface area contributed by atoms with Gasteiger partial charge in [-0.1, -0.05) is 28.9 Å². The van der Waals surface area contributed by atoms with Crippen LogP contribution in [0, 0.1) is 17.0 Å². The van der Waals surface area contributed by atoms with E-state index in [1.807, 2.05) is 0 Å². The van der Waals surface area contributed by atoms with Gasteiger partial charge in [0.25, 0.3) is 5.69 Å². The molecule has 3 aromatic rings. The number of aromatic nitrogens is 3. The normalized spacial score (nSPS) is 11.2. The summed E-state index contributed by atoms with van der Waals surface area (Å²) in [7, 11) is 0. The van der Waals surface area contributed by atoms with Crippen LogP contribution in [0.15, 0.2) is 53.6 Å². The summed E-state index contributed by atoms with van der Waals surface area (Å²) in [5.41, 5.74) is 4.44. The van der Waals surface area contributed by atoms with Gasteiger partial charge in [0.15, 0.2) is 0 Å². The molecule has 1 heterocycles. The number of benzene rings is 2. The number of amides is 2. The molecule has 0 saturated carbocycles. The average Bonchev–Trinajstić information content (AvgIpc) is 3.09. The largest absolute Gasteiger partial charge is 0.339 e. The molecule has 2 aromatic carbocycles. The highest BCUT2D eigenvalue weighted by Crippen LogP contribution is 2.23. The molecule has 10 nitrogen and oxygen atoms in total. The minimum Gasteiger partial charge on any atom is -0.307 e. The molecule has 0 radical (unpaired) electrons. The highest BCUT2D eigenvalue weighted by Gasteiger charge is 2.20. The smallest absolute Gasteiger partial charge is 0.307 e. The zero-order valence-corrected chi connectivity index (χ0v) is 16.2. The van der Waals surface area contributed by atoms with E-state index in [2.05, 4.69) is 26.2 Å². The number of rotatable bonds is 5. The Bertz CT molecular complexity index is 1090. The summed E-state index contributed by atoms with van der Waals surface area (Å²) < 4.78 is 1.36. The third kappa shape index (κ3) is 4.55. The average molecular weight is 414 g/mol. The van der Waals surface area contributed by atoms with Gasteiger partial charge in [-0.25, -0.2) is 14.9 Å². The van der Waals surface area contributed by atoms with Gasteiger partial charge in [0.05, 0.1) is 16.3 Å². The second kappa shape index (κ2) is 8.48. The number of carbonyl (C=O) groups is 1. The van der Waals surface area contributed by atoms with Crippen molar-refractivity contribution in [1.82, 2.24) is 20.4 Å². The molecule has 0 saturated heterocycles. The zero-order valence-electron chi connectivity index (χ0n) is 15.5. The third-order valence-electron chi connectivity index (χ3n) is 3.97. The first-order chi connectivity index (χ1) is 13.9. The van der Waals surface area contributed by atoms with E-state index in [4.69, 9.17) is 11.6 Å². The number of nitro benzene ring substituents is 1. The molecule has 2 N–H and O–H groups in total. The predicted octanol–water partition coefficient (Wildman–Crippen LogP) is 3.68. The number of hydrogen-bond acceptors (Lipinski definition) is 6. The summed E-state index contributed by atoms with van der Waals surface area (Å²) in [6.45, 7) is 3.35. The fourth-order valence-corrected chi connectivity index (χ4v) is 2.70. The number of hydrogen-bond donors (Lipinski definition) is 2. The fourth-order valence-electron chi connectivity index (χ4n) is 2.57. The Morgan fingerprint density at radius 1 is 1.21 bits per heavy atom. The molecule has 0 fully saturated rings. The minimum absolute atomic E-state index is 0.0953. The summed E-state index contributed by atoms with van der Waals surface area (Å²) in [6.07, 6.45) is 0. The lowest BCUT2D eigenvalue weighted by Crippen LogP contribution is -2.25. The van der Waals surface area contributed by atoms with Crippen molar-refractivity contribution < 1.29 is 9.72 Å². The van der Waals surface area contributed by atoms with E-state index >= 15 is 0 Å². The summed E-state index contributed by atoms with van der Waals surface area (Å²) in [5, 5.41) is 26.5. The van der Waals surface area contributed by atoms with Gasteiger partial charge in [-0.05, 0) is 44.2 Å².